The Kier molecular flexibility index (Phi) is 3.01. The number of para-hydroxylation sites is 2. The fraction of sp³-hybridized carbons (Fsp3) is 0.0278. The molecule has 192 valence electrons. The van der Waals surface area contributed by atoms with Crippen LogP contribution < -0.4 is 14.0 Å². The third-order valence-corrected chi connectivity index (χ3v) is 9.96. The minimum absolute atomic E-state index is 0.706. The Morgan fingerprint density at radius 1 is 0.619 bits per heavy atom. The third kappa shape index (κ3) is 1.82. The molecular formula is C36H19N5O+2. The van der Waals surface area contributed by atoms with E-state index in [1.165, 1.54) is 65.6 Å². The van der Waals surface area contributed by atoms with Crippen LogP contribution in [0.15, 0.2) is 116 Å². The molecule has 6 heteroatoms. The fourth-order valence-corrected chi connectivity index (χ4v) is 8.61. The van der Waals surface area contributed by atoms with Gasteiger partial charge in [0.1, 0.15) is 28.0 Å². The van der Waals surface area contributed by atoms with Crippen molar-refractivity contribution in [2.45, 2.75) is 5.66 Å². The summed E-state index contributed by atoms with van der Waals surface area (Å²) in [4.78, 5) is 4.60. The number of pyridine rings is 3. The molecule has 0 fully saturated rings. The highest BCUT2D eigenvalue weighted by atomic mass is 16.5. The second-order valence-electron chi connectivity index (χ2n) is 11.6. The molecule has 0 saturated carbocycles. The van der Waals surface area contributed by atoms with Gasteiger partial charge in [-0.15, -0.1) is 4.52 Å². The summed E-state index contributed by atoms with van der Waals surface area (Å²) in [5, 5.41) is 7.25. The average molecular weight is 538 g/mol. The third-order valence-electron chi connectivity index (χ3n) is 9.96. The van der Waals surface area contributed by atoms with E-state index in [-0.39, 0.29) is 0 Å². The molecule has 0 amide bonds. The van der Waals surface area contributed by atoms with Gasteiger partial charge in [0, 0.05) is 46.1 Å². The Labute approximate surface area is 237 Å². The largest absolute Gasteiger partial charge is 0.456 e. The van der Waals surface area contributed by atoms with Crippen LogP contribution in [0.1, 0.15) is 11.1 Å². The van der Waals surface area contributed by atoms with E-state index in [9.17, 15) is 0 Å². The summed E-state index contributed by atoms with van der Waals surface area (Å²) in [6.45, 7) is 0. The molecule has 1 unspecified atom stereocenters. The van der Waals surface area contributed by atoms with E-state index in [0.29, 0.717) is 0 Å². The summed E-state index contributed by atoms with van der Waals surface area (Å²) < 4.78 is 16.8. The van der Waals surface area contributed by atoms with E-state index in [2.05, 4.69) is 127 Å². The maximum absolute atomic E-state index is 6.90. The van der Waals surface area contributed by atoms with Crippen LogP contribution in [-0.4, -0.2) is 14.1 Å². The number of benzene rings is 4. The quantitative estimate of drug-likeness (QED) is 0.164. The Balaban J connectivity index is 1.48. The normalized spacial score (nSPS) is 17.3. The molecule has 3 aliphatic rings. The zero-order chi connectivity index (χ0) is 26.9. The molecule has 6 nitrogen and oxygen atoms in total. The van der Waals surface area contributed by atoms with Gasteiger partial charge in [-0.3, -0.25) is 4.98 Å². The van der Waals surface area contributed by atoms with Crippen molar-refractivity contribution in [1.82, 2.24) is 14.1 Å². The molecule has 12 rings (SSSR count). The van der Waals surface area contributed by atoms with E-state index < -0.39 is 5.66 Å². The van der Waals surface area contributed by atoms with Crippen LogP contribution in [0.5, 0.6) is 11.5 Å². The molecule has 0 aliphatic carbocycles. The standard InChI is InChI=1S/C36H19N5O/c1-3-9-26-21(7-1)23-13-15-28-31-34(23)39(26)30-11-5-6-18-38(30)36(31)32-29(42-28)14-12-22-20-16-17-37-19-25(20)33-24-8-2-4-10-27(24)41(36)40(33)35(22)32/h1-19H/q+2. The Bertz CT molecular complexity index is 2790. The number of ether oxygens (including phenoxy) is 1. The molecule has 9 aromatic rings. The maximum atomic E-state index is 6.90. The van der Waals surface area contributed by atoms with E-state index in [0.717, 1.165) is 22.7 Å². The van der Waals surface area contributed by atoms with Crippen molar-refractivity contribution in [2.75, 3.05) is 0 Å². The number of fused-ring (bicyclic) bond motifs is 11. The van der Waals surface area contributed by atoms with E-state index >= 15 is 0 Å². The lowest BCUT2D eigenvalue weighted by Gasteiger charge is -2.33. The smallest absolute Gasteiger partial charge is 0.398 e. The maximum Gasteiger partial charge on any atom is 0.398 e. The highest BCUT2D eigenvalue weighted by Crippen LogP contribution is 2.56. The van der Waals surface area contributed by atoms with Gasteiger partial charge in [-0.25, -0.2) is 0 Å². The second-order valence-corrected chi connectivity index (χ2v) is 11.6. The molecule has 0 radical (unpaired) electrons. The highest BCUT2D eigenvalue weighted by Gasteiger charge is 2.68. The van der Waals surface area contributed by atoms with Gasteiger partial charge in [0.05, 0.1) is 11.6 Å². The van der Waals surface area contributed by atoms with Crippen LogP contribution in [0.3, 0.4) is 0 Å². The predicted molar refractivity (Wildman–Crippen MR) is 161 cm³/mol. The molecule has 0 N–H and O–H groups in total. The molecule has 1 atom stereocenters. The van der Waals surface area contributed by atoms with Crippen molar-refractivity contribution in [3.63, 3.8) is 0 Å². The first-order chi connectivity index (χ1) is 20.9. The van der Waals surface area contributed by atoms with Gasteiger partial charge < -0.3 is 4.74 Å². The Hall–Kier alpha value is -5.75. The fourth-order valence-electron chi connectivity index (χ4n) is 8.61. The lowest BCUT2D eigenvalue weighted by atomic mass is 9.83. The van der Waals surface area contributed by atoms with Gasteiger partial charge in [-0.05, 0) is 64.7 Å². The van der Waals surface area contributed by atoms with Gasteiger partial charge in [-0.2, -0.15) is 9.13 Å². The van der Waals surface area contributed by atoms with Crippen LogP contribution in [0, 0.1) is 0 Å². The van der Waals surface area contributed by atoms with Crippen molar-refractivity contribution in [3.05, 3.63) is 127 Å². The van der Waals surface area contributed by atoms with Gasteiger partial charge in [0.15, 0.2) is 16.6 Å². The molecule has 0 bridgehead atoms. The Morgan fingerprint density at radius 3 is 2.29 bits per heavy atom. The van der Waals surface area contributed by atoms with Crippen molar-refractivity contribution < 1.29 is 14.0 Å². The van der Waals surface area contributed by atoms with Gasteiger partial charge in [-0.1, -0.05) is 30.3 Å². The first-order valence-electron chi connectivity index (χ1n) is 14.3. The van der Waals surface area contributed by atoms with Crippen LogP contribution >= 0.6 is 0 Å². The molecule has 1 spiro atoms. The molecule has 0 saturated heterocycles. The van der Waals surface area contributed by atoms with Crippen molar-refractivity contribution in [3.8, 4) is 17.3 Å². The van der Waals surface area contributed by atoms with Crippen molar-refractivity contribution in [2.24, 2.45) is 0 Å². The molecule has 3 aliphatic heterocycles. The summed E-state index contributed by atoms with van der Waals surface area (Å²) in [6.07, 6.45) is 6.18. The monoisotopic (exact) mass is 537 g/mol. The van der Waals surface area contributed by atoms with Gasteiger partial charge >= 0.3 is 5.66 Å². The van der Waals surface area contributed by atoms with E-state index in [4.69, 9.17) is 4.74 Å². The van der Waals surface area contributed by atoms with Crippen molar-refractivity contribution >= 4 is 59.9 Å². The SMILES string of the molecule is c1cc[n+]2c(c1)-n1c3ccccc3c3ccc4c(c31)C21c2c(ccc3c5ccncc5c5c6ccccc6[n+]1n5c23)O4. The summed E-state index contributed by atoms with van der Waals surface area (Å²) in [5.41, 5.74) is 7.59. The lowest BCUT2D eigenvalue weighted by molar-refractivity contribution is -0.980. The number of hydrogen-bond acceptors (Lipinski definition) is 2. The average Bonchev–Trinajstić information content (AvgIpc) is 3.68. The molecular weight excluding hydrogens is 518 g/mol. The minimum atomic E-state index is -0.706. The zero-order valence-electron chi connectivity index (χ0n) is 22.1. The Morgan fingerprint density at radius 2 is 1.38 bits per heavy atom. The summed E-state index contributed by atoms with van der Waals surface area (Å²) in [7, 11) is 0. The first kappa shape index (κ1) is 20.2. The number of aromatic nitrogens is 5. The highest BCUT2D eigenvalue weighted by molar-refractivity contribution is 6.19. The topological polar surface area (TPSA) is 39.2 Å². The van der Waals surface area contributed by atoms with Crippen LogP contribution in [0.25, 0.3) is 65.7 Å². The van der Waals surface area contributed by atoms with Crippen LogP contribution in [0.4, 0.5) is 0 Å². The van der Waals surface area contributed by atoms with E-state index in [1.807, 2.05) is 12.4 Å². The predicted octanol–water partition coefficient (Wildman–Crippen LogP) is 6.50. The number of rotatable bonds is 0. The number of hydrogen-bond donors (Lipinski definition) is 0. The summed E-state index contributed by atoms with van der Waals surface area (Å²) in [6, 6.07) is 35.1. The summed E-state index contributed by atoms with van der Waals surface area (Å²) in [5.74, 6) is 2.92. The van der Waals surface area contributed by atoms with Crippen molar-refractivity contribution in [1.29, 1.82) is 0 Å². The molecule has 8 heterocycles. The number of nitrogens with zero attached hydrogens (tertiary/aromatic N) is 5. The zero-order valence-corrected chi connectivity index (χ0v) is 22.1. The summed E-state index contributed by atoms with van der Waals surface area (Å²) >= 11 is 0. The van der Waals surface area contributed by atoms with Gasteiger partial charge in [0.25, 0.3) is 5.82 Å². The minimum Gasteiger partial charge on any atom is -0.456 e. The van der Waals surface area contributed by atoms with E-state index in [1.54, 1.807) is 0 Å². The van der Waals surface area contributed by atoms with Crippen LogP contribution in [-0.2, 0) is 5.66 Å². The van der Waals surface area contributed by atoms with Crippen LogP contribution in [0.2, 0.25) is 0 Å². The molecule has 42 heavy (non-hydrogen) atoms. The first-order valence-corrected chi connectivity index (χ1v) is 14.3. The van der Waals surface area contributed by atoms with Gasteiger partial charge in [0.2, 0.25) is 5.52 Å². The molecule has 5 aromatic heterocycles. The lowest BCUT2D eigenvalue weighted by Crippen LogP contribution is -2.76. The second kappa shape index (κ2) is 6.26. The molecule has 4 aromatic carbocycles.